The van der Waals surface area contributed by atoms with Crippen molar-refractivity contribution in [2.45, 2.75) is 22.3 Å². The van der Waals surface area contributed by atoms with Crippen molar-refractivity contribution in [1.29, 1.82) is 0 Å². The molecule has 0 radical (unpaired) electrons. The predicted molar refractivity (Wildman–Crippen MR) is 41.9 cm³/mol. The predicted octanol–water partition coefficient (Wildman–Crippen LogP) is -3.04. The van der Waals surface area contributed by atoms with Crippen molar-refractivity contribution in [3.63, 3.8) is 0 Å². The maximum atomic E-state index is 0. The van der Waals surface area contributed by atoms with E-state index < -0.39 is 0 Å². The smallest absolute Gasteiger partial charge is 0 e. The van der Waals surface area contributed by atoms with Gasteiger partial charge >= 0.3 is 0 Å². The molecule has 0 bridgehead atoms. The van der Waals surface area contributed by atoms with Crippen molar-refractivity contribution in [3.05, 3.63) is 0 Å². The van der Waals surface area contributed by atoms with E-state index in [-0.39, 0.29) is 102 Å². The van der Waals surface area contributed by atoms with Gasteiger partial charge in [0.2, 0.25) is 0 Å². The van der Waals surface area contributed by atoms with E-state index in [1.54, 1.807) is 0 Å². The molecule has 0 saturated carbocycles. The second kappa shape index (κ2) is 541. The molecule has 0 heterocycles. The van der Waals surface area contributed by atoms with Gasteiger partial charge in [-0.15, -0.1) is 0 Å². The molecule has 0 rings (SSSR count). The summed E-state index contributed by atoms with van der Waals surface area (Å²) < 4.78 is 0. The molecule has 10 heavy (non-hydrogen) atoms. The van der Waals surface area contributed by atoms with Crippen LogP contribution in [0.1, 0.15) is 22.3 Å². The molecule has 6 nitrogen and oxygen atoms in total. The average Bonchev–Trinajstić information content (AvgIpc) is 0. The maximum Gasteiger partial charge on any atom is 0 e. The minimum absolute atomic E-state index is 0. The number of hydrogen-bond donors (Lipinski definition) is 0. The van der Waals surface area contributed by atoms with Gasteiger partial charge in [0.25, 0.3) is 0 Å². The van der Waals surface area contributed by atoms with Crippen LogP contribution >= 0.6 is 0 Å². The van der Waals surface area contributed by atoms with E-state index in [4.69, 9.17) is 0 Å². The van der Waals surface area contributed by atoms with E-state index >= 15 is 0 Å². The molecule has 0 amide bonds. The van der Waals surface area contributed by atoms with Gasteiger partial charge in [0.15, 0.2) is 0 Å². The normalized spacial score (nSPS) is 0. The van der Waals surface area contributed by atoms with Crippen LogP contribution < -0.4 is 0 Å². The summed E-state index contributed by atoms with van der Waals surface area (Å²) in [5.74, 6) is 0. The van der Waals surface area contributed by atoms with Gasteiger partial charge in [-0.25, -0.2) is 0 Å². The molecule has 0 aromatic heterocycles. The molecule has 0 aliphatic rings. The Morgan fingerprint density at radius 2 is 0.300 bits per heavy atom. The molecule has 12 N–H and O–H groups in total. The second-order valence-electron chi connectivity index (χ2n) is 0. The van der Waals surface area contributed by atoms with Crippen LogP contribution in [-0.4, -0.2) is 32.9 Å². The zero-order chi connectivity index (χ0) is 0. The Morgan fingerprint density at radius 3 is 0.300 bits per heavy atom. The first-order chi connectivity index (χ1) is 0. The second-order valence-corrected chi connectivity index (χ2v) is 0. The van der Waals surface area contributed by atoms with E-state index in [1.165, 1.54) is 0 Å². The van der Waals surface area contributed by atoms with Crippen LogP contribution in [-0.2, 0) is 0 Å². The number of rotatable bonds is 0. The van der Waals surface area contributed by atoms with Gasteiger partial charge in [0.1, 0.15) is 0 Å². The minimum atomic E-state index is 0. The summed E-state index contributed by atoms with van der Waals surface area (Å²) in [7, 11) is 0. The Morgan fingerprint density at radius 1 is 0.300 bits per heavy atom. The van der Waals surface area contributed by atoms with Crippen LogP contribution in [0.4, 0.5) is 0 Å². The van der Waals surface area contributed by atoms with Gasteiger partial charge in [-0.3, -0.25) is 0 Å². The summed E-state index contributed by atoms with van der Waals surface area (Å²) in [6, 6.07) is 0. The Bertz CT molecular complexity index is 13.0. The van der Waals surface area contributed by atoms with Crippen LogP contribution in [0.2, 0.25) is 0 Å². The summed E-state index contributed by atoms with van der Waals surface area (Å²) >= 11 is 0. The SMILES string of the molecule is C.C.C.O.O.O.O.O.O.[Yb]. The van der Waals surface area contributed by atoms with Gasteiger partial charge in [0.05, 0.1) is 0 Å². The Labute approximate surface area is 101 Å². The Balaban J connectivity index is 0. The molecule has 0 aromatic rings. The van der Waals surface area contributed by atoms with Gasteiger partial charge in [-0.1, -0.05) is 22.3 Å². The van der Waals surface area contributed by atoms with Gasteiger partial charge in [-0.2, -0.15) is 0 Å². The molecule has 0 aliphatic heterocycles. The Kier molecular flexibility index (Phi) is 39400. The van der Waals surface area contributed by atoms with Crippen LogP contribution in [0.15, 0.2) is 0 Å². The fraction of sp³-hybridized carbons (Fsp3) is 1.00. The molecular weight excluding hydrogens is 305 g/mol. The third kappa shape index (κ3) is 389. The number of hydrogen-bond acceptors (Lipinski definition) is 0. The van der Waals surface area contributed by atoms with Crippen molar-refractivity contribution >= 4 is 0 Å². The van der Waals surface area contributed by atoms with Crippen molar-refractivity contribution in [2.75, 3.05) is 0 Å². The zero-order valence-corrected chi connectivity index (χ0v) is 4.98. The summed E-state index contributed by atoms with van der Waals surface area (Å²) in [5, 5.41) is 0. The maximum absolute atomic E-state index is 0. The van der Waals surface area contributed by atoms with Crippen molar-refractivity contribution in [3.8, 4) is 0 Å². The molecular formula is C3H24O6Yb. The first-order valence-corrected chi connectivity index (χ1v) is 0. The molecule has 0 saturated heterocycles. The quantitative estimate of drug-likeness (QED) is 0.437. The Hall–Kier alpha value is 1.28. The summed E-state index contributed by atoms with van der Waals surface area (Å²) in [5.41, 5.74) is 0. The minimum Gasteiger partial charge on any atom is -0.412 e. The van der Waals surface area contributed by atoms with E-state index in [0.29, 0.717) is 0 Å². The van der Waals surface area contributed by atoms with Crippen molar-refractivity contribution in [1.82, 2.24) is 0 Å². The third-order valence-electron chi connectivity index (χ3n) is 0. The van der Waals surface area contributed by atoms with Crippen LogP contribution in [0.5, 0.6) is 0 Å². The molecule has 0 aliphatic carbocycles. The van der Waals surface area contributed by atoms with Crippen LogP contribution in [0.3, 0.4) is 0 Å². The topological polar surface area (TPSA) is 189 Å². The van der Waals surface area contributed by atoms with Gasteiger partial charge < -0.3 is 32.9 Å². The van der Waals surface area contributed by atoms with E-state index in [1.807, 2.05) is 0 Å². The summed E-state index contributed by atoms with van der Waals surface area (Å²) in [6.07, 6.45) is 0. The van der Waals surface area contributed by atoms with Crippen LogP contribution in [0, 0.1) is 46.9 Å². The monoisotopic (exact) mass is 330 g/mol. The van der Waals surface area contributed by atoms with Crippen molar-refractivity contribution < 1.29 is 79.8 Å². The standard InChI is InChI=1S/3CH4.6H2O.Yb/h3*1H4;6*1H2;. The van der Waals surface area contributed by atoms with Crippen LogP contribution in [0.25, 0.3) is 0 Å². The average molecular weight is 329 g/mol. The molecule has 0 fully saturated rings. The molecule has 0 spiro atoms. The van der Waals surface area contributed by atoms with Crippen molar-refractivity contribution in [2.24, 2.45) is 0 Å². The summed E-state index contributed by atoms with van der Waals surface area (Å²) in [6.45, 7) is 0. The van der Waals surface area contributed by atoms with E-state index in [9.17, 15) is 0 Å². The first kappa shape index (κ1) is 728. The molecule has 86 valence electrons. The molecule has 7 heteroatoms. The fourth-order valence-corrected chi connectivity index (χ4v) is 0. The van der Waals surface area contributed by atoms with Gasteiger partial charge in [-0.05, 0) is 0 Å². The fourth-order valence-electron chi connectivity index (χ4n) is 0. The largest absolute Gasteiger partial charge is 0.412 e. The third-order valence-corrected chi connectivity index (χ3v) is 0. The zero-order valence-electron chi connectivity index (χ0n) is 3.27. The van der Waals surface area contributed by atoms with Gasteiger partial charge in [0, 0.05) is 46.9 Å². The molecule has 0 unspecified atom stereocenters. The molecule has 0 atom stereocenters. The first-order valence-electron chi connectivity index (χ1n) is 0. The van der Waals surface area contributed by atoms with E-state index in [2.05, 4.69) is 0 Å². The summed E-state index contributed by atoms with van der Waals surface area (Å²) in [4.78, 5) is 0. The molecule has 0 aromatic carbocycles. The van der Waals surface area contributed by atoms with E-state index in [0.717, 1.165) is 0 Å².